The fraction of sp³-hybridized carbons (Fsp3) is 0.803. The molecule has 0 spiro atoms. The van der Waals surface area contributed by atoms with Crippen molar-refractivity contribution in [2.45, 2.75) is 232 Å². The maximum Gasteiger partial charge on any atom is 0.251 e. The van der Waals surface area contributed by atoms with Crippen LogP contribution in [0.15, 0.2) is 42.5 Å². The van der Waals surface area contributed by atoms with Gasteiger partial charge in [0, 0.05) is 30.2 Å². The quantitative estimate of drug-likeness (QED) is 0.0209. The van der Waals surface area contributed by atoms with Crippen LogP contribution in [0.5, 0.6) is 11.5 Å². The van der Waals surface area contributed by atoms with Crippen molar-refractivity contribution < 1.29 is 19.1 Å². The molecule has 0 bridgehead atoms. The first kappa shape index (κ1) is 69.8. The number of nitrogens with one attached hydrogen (secondary N) is 3. The molecule has 0 fully saturated rings. The number of nitrogens with zero attached hydrogens (tertiary/aromatic N) is 1. The van der Waals surface area contributed by atoms with Crippen LogP contribution in [0.3, 0.4) is 0 Å². The molecule has 2 amide bonds. The van der Waals surface area contributed by atoms with Gasteiger partial charge in [-0.3, -0.25) is 9.59 Å². The second-order valence-electron chi connectivity index (χ2n) is 20.3. The summed E-state index contributed by atoms with van der Waals surface area (Å²) in [6.07, 6.45) is 49.7. The van der Waals surface area contributed by atoms with Crippen molar-refractivity contribution in [1.82, 2.24) is 20.9 Å². The van der Waals surface area contributed by atoms with E-state index < -0.39 is 0 Å². The van der Waals surface area contributed by atoms with E-state index in [1.807, 2.05) is 18.2 Å². The van der Waals surface area contributed by atoms with Crippen LogP contribution in [0.4, 0.5) is 0 Å². The van der Waals surface area contributed by atoms with Gasteiger partial charge in [0.25, 0.3) is 5.91 Å². The fourth-order valence-corrected chi connectivity index (χ4v) is 10.7. The second-order valence-corrected chi connectivity index (χ2v) is 23.0. The third kappa shape index (κ3) is 43.8. The Morgan fingerprint density at radius 3 is 1.43 bits per heavy atom. The predicted octanol–water partition coefficient (Wildman–Crippen LogP) is 13.8. The van der Waals surface area contributed by atoms with E-state index in [1.54, 1.807) is 21.6 Å². The van der Waals surface area contributed by atoms with Crippen LogP contribution in [-0.4, -0.2) is 106 Å². The molecule has 0 saturated heterocycles. The molecule has 0 unspecified atom stereocenters. The Hall–Kier alpha value is -2.26. The van der Waals surface area contributed by atoms with Crippen LogP contribution in [0.1, 0.15) is 236 Å². The van der Waals surface area contributed by atoms with Gasteiger partial charge in [-0.15, -0.1) is 0 Å². The molecule has 0 aliphatic heterocycles. The Kier molecular flexibility index (Phi) is 52.3. The summed E-state index contributed by atoms with van der Waals surface area (Å²) in [7, 11) is 3.41. The molecule has 0 aromatic heterocycles. The van der Waals surface area contributed by atoms with E-state index in [9.17, 15) is 9.59 Å². The van der Waals surface area contributed by atoms with Crippen LogP contribution in [-0.2, 0) is 4.79 Å². The maximum atomic E-state index is 13.3. The van der Waals surface area contributed by atoms with Crippen molar-refractivity contribution in [3.05, 3.63) is 48.1 Å². The molecule has 1 aromatic carbocycles. The van der Waals surface area contributed by atoms with Gasteiger partial charge in [0.15, 0.2) is 11.5 Å². The molecular weight excluding hydrogens is 959 g/mol. The number of amides is 2. The SMILES string of the molecule is CCCCCCCC/C=C\CCCCCCCCOc1ccc(C(=O)NCCSSCCNC(=O)[C@H](CCCN(CCCN)CCCN)NCCCN)cc1OCCCCCCCC/C=C\CCCCCCCC. The van der Waals surface area contributed by atoms with Gasteiger partial charge in [0.1, 0.15) is 0 Å². The second kappa shape index (κ2) is 55.5. The van der Waals surface area contributed by atoms with Crippen molar-refractivity contribution in [2.75, 3.05) is 83.6 Å². The van der Waals surface area contributed by atoms with Crippen LogP contribution in [0, 0.1) is 0 Å². The monoisotopic (exact) mass is 1070 g/mol. The highest BCUT2D eigenvalue weighted by Crippen LogP contribution is 2.30. The summed E-state index contributed by atoms with van der Waals surface area (Å²) >= 11 is 0. The lowest BCUT2D eigenvalue weighted by atomic mass is 10.1. The summed E-state index contributed by atoms with van der Waals surface area (Å²) in [5.41, 5.74) is 17.8. The number of carbonyl (C=O) groups is 2. The minimum absolute atomic E-state index is 0.0385. The standard InChI is InChI=1S/C61H115N7O4S2/c1-3-5-7-9-11-13-15-17-19-21-23-25-27-29-31-33-51-71-58-41-40-56(55-59(58)72-52-34-32-30-28-26-24-22-20-18-16-14-12-10-8-6-4-2)60(69)66-46-53-73-74-54-47-67-61(70)57(65-45-36-42-62)39-35-48-68(49-37-43-63)50-38-44-64/h17-20,40-41,55,57,65H,3-16,21-39,42-54,62-64H2,1-2H3,(H,66,69)(H,67,70)/b19-17-,20-18-/t57-/m0/s1. The lowest BCUT2D eigenvalue weighted by Crippen LogP contribution is -2.45. The zero-order valence-corrected chi connectivity index (χ0v) is 49.4. The van der Waals surface area contributed by atoms with Crippen molar-refractivity contribution in [3.63, 3.8) is 0 Å². The van der Waals surface area contributed by atoms with Crippen LogP contribution in [0.25, 0.3) is 0 Å². The van der Waals surface area contributed by atoms with Crippen molar-refractivity contribution in [1.29, 1.82) is 0 Å². The highest BCUT2D eigenvalue weighted by atomic mass is 33.1. The molecule has 1 atom stereocenters. The molecule has 0 radical (unpaired) electrons. The summed E-state index contributed by atoms with van der Waals surface area (Å²) in [5.74, 6) is 2.85. The molecule has 13 heteroatoms. The number of hydrogen-bond acceptors (Lipinski definition) is 11. The molecule has 1 rings (SSSR count). The third-order valence-electron chi connectivity index (χ3n) is 13.5. The molecule has 9 N–H and O–H groups in total. The van der Waals surface area contributed by atoms with Crippen LogP contribution in [0.2, 0.25) is 0 Å². The van der Waals surface area contributed by atoms with Gasteiger partial charge >= 0.3 is 0 Å². The fourth-order valence-electron chi connectivity index (χ4n) is 8.90. The molecule has 0 saturated carbocycles. The molecule has 1 aromatic rings. The number of carbonyl (C=O) groups excluding carboxylic acids is 2. The van der Waals surface area contributed by atoms with Gasteiger partial charge in [-0.05, 0) is 160 Å². The molecular formula is C61H115N7O4S2. The Labute approximate surface area is 463 Å². The smallest absolute Gasteiger partial charge is 0.251 e. The first-order valence-corrected chi connectivity index (χ1v) is 33.0. The Balaban J connectivity index is 2.52. The van der Waals surface area contributed by atoms with E-state index >= 15 is 0 Å². The van der Waals surface area contributed by atoms with Crippen LogP contribution < -0.4 is 42.6 Å². The highest BCUT2D eigenvalue weighted by Gasteiger charge is 2.18. The number of hydrogen-bond donors (Lipinski definition) is 6. The Bertz CT molecular complexity index is 1450. The Morgan fingerprint density at radius 2 is 0.946 bits per heavy atom. The van der Waals surface area contributed by atoms with E-state index in [0.29, 0.717) is 57.3 Å². The molecule has 0 aliphatic rings. The minimum Gasteiger partial charge on any atom is -0.490 e. The summed E-state index contributed by atoms with van der Waals surface area (Å²) in [5, 5.41) is 9.65. The summed E-state index contributed by atoms with van der Waals surface area (Å²) in [6, 6.07) is 5.37. The van der Waals surface area contributed by atoms with Gasteiger partial charge < -0.3 is 47.5 Å². The number of nitrogens with two attached hydrogens (primary N) is 3. The van der Waals surface area contributed by atoms with Crippen molar-refractivity contribution in [2.24, 2.45) is 17.2 Å². The van der Waals surface area contributed by atoms with Gasteiger partial charge in [0.2, 0.25) is 5.91 Å². The molecule has 0 heterocycles. The molecule has 0 aliphatic carbocycles. The zero-order chi connectivity index (χ0) is 53.5. The van der Waals surface area contributed by atoms with Crippen molar-refractivity contribution in [3.8, 4) is 11.5 Å². The van der Waals surface area contributed by atoms with Gasteiger partial charge in [-0.2, -0.15) is 0 Å². The van der Waals surface area contributed by atoms with E-state index in [-0.39, 0.29) is 17.9 Å². The zero-order valence-electron chi connectivity index (χ0n) is 47.8. The van der Waals surface area contributed by atoms with E-state index in [2.05, 4.69) is 59.0 Å². The number of rotatable bonds is 57. The molecule has 74 heavy (non-hydrogen) atoms. The lowest BCUT2D eigenvalue weighted by molar-refractivity contribution is -0.123. The van der Waals surface area contributed by atoms with Crippen molar-refractivity contribution >= 4 is 33.4 Å². The number of unbranched alkanes of at least 4 members (excludes halogenated alkanes) is 24. The summed E-state index contributed by atoms with van der Waals surface area (Å²) < 4.78 is 12.6. The maximum absolute atomic E-state index is 13.3. The summed E-state index contributed by atoms with van der Waals surface area (Å²) in [6.45, 7) is 12.5. The van der Waals surface area contributed by atoms with E-state index in [0.717, 1.165) is 101 Å². The average Bonchev–Trinajstić information content (AvgIpc) is 3.41. The first-order valence-electron chi connectivity index (χ1n) is 30.6. The van der Waals surface area contributed by atoms with E-state index in [4.69, 9.17) is 26.7 Å². The molecule has 430 valence electrons. The average molecular weight is 1070 g/mol. The number of benzene rings is 1. The lowest BCUT2D eigenvalue weighted by Gasteiger charge is -2.24. The van der Waals surface area contributed by atoms with Gasteiger partial charge in [-0.25, -0.2) is 0 Å². The minimum atomic E-state index is -0.245. The third-order valence-corrected chi connectivity index (χ3v) is 15.9. The number of ether oxygens (including phenoxy) is 2. The summed E-state index contributed by atoms with van der Waals surface area (Å²) in [4.78, 5) is 28.9. The largest absolute Gasteiger partial charge is 0.490 e. The normalized spacial score (nSPS) is 12.1. The van der Waals surface area contributed by atoms with Gasteiger partial charge in [0.05, 0.1) is 19.3 Å². The number of allylic oxidation sites excluding steroid dienone is 4. The Morgan fingerprint density at radius 1 is 0.514 bits per heavy atom. The van der Waals surface area contributed by atoms with Crippen LogP contribution >= 0.6 is 21.6 Å². The van der Waals surface area contributed by atoms with E-state index in [1.165, 1.54) is 154 Å². The predicted molar refractivity (Wildman–Crippen MR) is 325 cm³/mol. The molecule has 11 nitrogen and oxygen atoms in total. The first-order chi connectivity index (χ1) is 36.5. The topological polar surface area (TPSA) is 170 Å². The highest BCUT2D eigenvalue weighted by molar-refractivity contribution is 8.76. The van der Waals surface area contributed by atoms with Gasteiger partial charge in [-0.1, -0.05) is 175 Å².